The first kappa shape index (κ1) is 18.4. The first-order valence-corrected chi connectivity index (χ1v) is 9.95. The van der Waals surface area contributed by atoms with Gasteiger partial charge in [-0.1, -0.05) is 6.07 Å². The summed E-state index contributed by atoms with van der Waals surface area (Å²) in [6.07, 6.45) is 0. The summed E-state index contributed by atoms with van der Waals surface area (Å²) in [6, 6.07) is 13.3. The van der Waals surface area contributed by atoms with Crippen molar-refractivity contribution in [3.63, 3.8) is 0 Å². The lowest BCUT2D eigenvalue weighted by Crippen LogP contribution is -2.16. The van der Waals surface area contributed by atoms with Gasteiger partial charge in [0.05, 0.1) is 4.88 Å². The van der Waals surface area contributed by atoms with Crippen molar-refractivity contribution in [2.45, 2.75) is 20.5 Å². The van der Waals surface area contributed by atoms with Crippen LogP contribution in [-0.4, -0.2) is 19.1 Å². The molecule has 144 valence electrons. The standard InChI is InChI=1S/C22H21NO4S/c1-14-3-5-18(9-15(14)2)27-12-16-10-21(28-13-16)22(24)23-17-4-6-19-20(11-17)26-8-7-25-19/h3-6,9-11,13H,7-8,12H2,1-2H3,(H,23,24). The van der Waals surface area contributed by atoms with Gasteiger partial charge < -0.3 is 19.5 Å². The second-order valence-corrected chi connectivity index (χ2v) is 7.58. The molecule has 28 heavy (non-hydrogen) atoms. The molecular formula is C22H21NO4S. The van der Waals surface area contributed by atoms with Crippen molar-refractivity contribution < 1.29 is 19.0 Å². The number of aryl methyl sites for hydroxylation is 2. The van der Waals surface area contributed by atoms with Crippen molar-refractivity contribution >= 4 is 22.9 Å². The molecule has 0 saturated carbocycles. The molecule has 0 spiro atoms. The molecule has 0 unspecified atom stereocenters. The summed E-state index contributed by atoms with van der Waals surface area (Å²) in [5, 5.41) is 4.85. The van der Waals surface area contributed by atoms with Gasteiger partial charge in [0.15, 0.2) is 11.5 Å². The lowest BCUT2D eigenvalue weighted by molar-refractivity contribution is 0.103. The second-order valence-electron chi connectivity index (χ2n) is 6.67. The maximum absolute atomic E-state index is 12.5. The molecule has 4 rings (SSSR count). The van der Waals surface area contributed by atoms with E-state index >= 15 is 0 Å². The van der Waals surface area contributed by atoms with Crippen molar-refractivity contribution in [3.8, 4) is 17.2 Å². The summed E-state index contributed by atoms with van der Waals surface area (Å²) >= 11 is 1.40. The van der Waals surface area contributed by atoms with Crippen molar-refractivity contribution in [2.24, 2.45) is 0 Å². The zero-order valence-corrected chi connectivity index (χ0v) is 16.6. The van der Waals surface area contributed by atoms with Crippen LogP contribution in [0.2, 0.25) is 0 Å². The Morgan fingerprint density at radius 1 is 1.04 bits per heavy atom. The van der Waals surface area contributed by atoms with E-state index in [4.69, 9.17) is 14.2 Å². The Hall–Kier alpha value is -2.99. The van der Waals surface area contributed by atoms with Crippen LogP contribution in [0.1, 0.15) is 26.4 Å². The lowest BCUT2D eigenvalue weighted by Gasteiger charge is -2.18. The van der Waals surface area contributed by atoms with Gasteiger partial charge in [-0.05, 0) is 60.7 Å². The van der Waals surface area contributed by atoms with Gasteiger partial charge in [-0.3, -0.25) is 4.79 Å². The predicted molar refractivity (Wildman–Crippen MR) is 110 cm³/mol. The molecule has 1 N–H and O–H groups in total. The van der Waals surface area contributed by atoms with E-state index in [0.717, 1.165) is 11.3 Å². The number of benzene rings is 2. The average Bonchev–Trinajstić information content (AvgIpc) is 3.18. The fourth-order valence-corrected chi connectivity index (χ4v) is 3.65. The van der Waals surface area contributed by atoms with Gasteiger partial charge in [-0.2, -0.15) is 0 Å². The summed E-state index contributed by atoms with van der Waals surface area (Å²) in [5.41, 5.74) is 4.08. The minimum Gasteiger partial charge on any atom is -0.489 e. The average molecular weight is 395 g/mol. The highest BCUT2D eigenvalue weighted by Crippen LogP contribution is 2.33. The second kappa shape index (κ2) is 7.94. The molecule has 1 aromatic heterocycles. The lowest BCUT2D eigenvalue weighted by atomic mass is 10.1. The molecule has 0 saturated heterocycles. The fraction of sp³-hybridized carbons (Fsp3) is 0.227. The van der Waals surface area contributed by atoms with Crippen LogP contribution in [0.5, 0.6) is 17.2 Å². The quantitative estimate of drug-likeness (QED) is 0.663. The van der Waals surface area contributed by atoms with Gasteiger partial charge in [-0.15, -0.1) is 11.3 Å². The van der Waals surface area contributed by atoms with E-state index in [0.29, 0.717) is 41.9 Å². The molecule has 5 nitrogen and oxygen atoms in total. The zero-order valence-electron chi connectivity index (χ0n) is 15.8. The number of nitrogens with one attached hydrogen (secondary N) is 1. The highest BCUT2D eigenvalue weighted by molar-refractivity contribution is 7.12. The molecule has 0 bridgehead atoms. The van der Waals surface area contributed by atoms with Gasteiger partial charge in [0, 0.05) is 17.3 Å². The topological polar surface area (TPSA) is 56.8 Å². The highest BCUT2D eigenvalue weighted by atomic mass is 32.1. The van der Waals surface area contributed by atoms with E-state index in [2.05, 4.69) is 19.2 Å². The largest absolute Gasteiger partial charge is 0.489 e. The first-order valence-electron chi connectivity index (χ1n) is 9.07. The maximum Gasteiger partial charge on any atom is 0.265 e. The van der Waals surface area contributed by atoms with E-state index in [1.54, 1.807) is 12.1 Å². The minimum absolute atomic E-state index is 0.154. The molecule has 2 heterocycles. The van der Waals surface area contributed by atoms with Crippen LogP contribution in [0, 0.1) is 13.8 Å². The van der Waals surface area contributed by atoms with Crippen LogP contribution in [0.4, 0.5) is 5.69 Å². The Morgan fingerprint density at radius 2 is 1.86 bits per heavy atom. The van der Waals surface area contributed by atoms with Crippen molar-refractivity contribution in [3.05, 3.63) is 69.4 Å². The van der Waals surface area contributed by atoms with E-state index in [9.17, 15) is 4.79 Å². The van der Waals surface area contributed by atoms with Gasteiger partial charge in [0.1, 0.15) is 25.6 Å². The number of amides is 1. The Kier molecular flexibility index (Phi) is 5.21. The zero-order chi connectivity index (χ0) is 19.5. The van der Waals surface area contributed by atoms with Crippen LogP contribution in [0.15, 0.2) is 47.8 Å². The molecular weight excluding hydrogens is 374 g/mol. The Labute approximate surface area is 167 Å². The molecule has 2 aromatic carbocycles. The molecule has 0 atom stereocenters. The van der Waals surface area contributed by atoms with Gasteiger partial charge in [-0.25, -0.2) is 0 Å². The SMILES string of the molecule is Cc1ccc(OCc2csc(C(=O)Nc3ccc4c(c3)OCCO4)c2)cc1C. The van der Waals surface area contributed by atoms with E-state index in [1.807, 2.05) is 35.7 Å². The third-order valence-corrected chi connectivity index (χ3v) is 5.54. The highest BCUT2D eigenvalue weighted by Gasteiger charge is 2.14. The summed E-state index contributed by atoms with van der Waals surface area (Å²) in [7, 11) is 0. The summed E-state index contributed by atoms with van der Waals surface area (Å²) in [4.78, 5) is 13.2. The van der Waals surface area contributed by atoms with E-state index in [-0.39, 0.29) is 5.91 Å². The number of anilines is 1. The van der Waals surface area contributed by atoms with Gasteiger partial charge in [0.2, 0.25) is 0 Å². The molecule has 6 heteroatoms. The maximum atomic E-state index is 12.5. The predicted octanol–water partition coefficient (Wildman–Crippen LogP) is 4.97. The molecule has 0 radical (unpaired) electrons. The number of hydrogen-bond donors (Lipinski definition) is 1. The number of rotatable bonds is 5. The number of ether oxygens (including phenoxy) is 3. The van der Waals surface area contributed by atoms with Gasteiger partial charge in [0.25, 0.3) is 5.91 Å². The van der Waals surface area contributed by atoms with Crippen molar-refractivity contribution in [1.29, 1.82) is 0 Å². The molecule has 0 fully saturated rings. The van der Waals surface area contributed by atoms with Crippen LogP contribution in [0.3, 0.4) is 0 Å². The molecule has 1 aliphatic heterocycles. The summed E-state index contributed by atoms with van der Waals surface area (Å²) in [6.45, 7) is 5.62. The molecule has 3 aromatic rings. The normalized spacial score (nSPS) is 12.5. The van der Waals surface area contributed by atoms with E-state index < -0.39 is 0 Å². The van der Waals surface area contributed by atoms with Gasteiger partial charge >= 0.3 is 0 Å². The number of thiophene rings is 1. The number of hydrogen-bond acceptors (Lipinski definition) is 5. The van der Waals surface area contributed by atoms with Crippen LogP contribution < -0.4 is 19.5 Å². The number of fused-ring (bicyclic) bond motifs is 1. The Balaban J connectivity index is 1.38. The summed E-state index contributed by atoms with van der Waals surface area (Å²) in [5.74, 6) is 2.03. The van der Waals surface area contributed by atoms with Crippen molar-refractivity contribution in [2.75, 3.05) is 18.5 Å². The van der Waals surface area contributed by atoms with Crippen molar-refractivity contribution in [1.82, 2.24) is 0 Å². The monoisotopic (exact) mass is 395 g/mol. The van der Waals surface area contributed by atoms with E-state index in [1.165, 1.54) is 22.5 Å². The minimum atomic E-state index is -0.154. The summed E-state index contributed by atoms with van der Waals surface area (Å²) < 4.78 is 16.9. The Bertz CT molecular complexity index is 1010. The number of carbonyl (C=O) groups is 1. The number of carbonyl (C=O) groups excluding carboxylic acids is 1. The smallest absolute Gasteiger partial charge is 0.265 e. The fourth-order valence-electron chi connectivity index (χ4n) is 2.85. The third-order valence-electron chi connectivity index (χ3n) is 4.56. The third kappa shape index (κ3) is 4.12. The first-order chi connectivity index (χ1) is 13.6. The molecule has 1 amide bonds. The van der Waals surface area contributed by atoms with Crippen LogP contribution in [0.25, 0.3) is 0 Å². The molecule has 1 aliphatic rings. The molecule has 0 aliphatic carbocycles. The van der Waals surface area contributed by atoms with Crippen LogP contribution >= 0.6 is 11.3 Å². The Morgan fingerprint density at radius 3 is 2.68 bits per heavy atom. The van der Waals surface area contributed by atoms with Crippen LogP contribution in [-0.2, 0) is 6.61 Å².